The van der Waals surface area contributed by atoms with Crippen molar-refractivity contribution in [1.82, 2.24) is 5.43 Å². The molecular formula is C27H28FN3O4. The summed E-state index contributed by atoms with van der Waals surface area (Å²) in [5.41, 5.74) is 5.40. The lowest BCUT2D eigenvalue weighted by Crippen LogP contribution is -2.21. The Bertz CT molecular complexity index is 1180. The second-order valence-electron chi connectivity index (χ2n) is 7.73. The van der Waals surface area contributed by atoms with E-state index in [1.807, 2.05) is 38.1 Å². The Labute approximate surface area is 204 Å². The highest BCUT2D eigenvalue weighted by atomic mass is 19.1. The van der Waals surface area contributed by atoms with Crippen LogP contribution in [0.25, 0.3) is 0 Å². The van der Waals surface area contributed by atoms with Gasteiger partial charge in [0.1, 0.15) is 12.4 Å². The van der Waals surface area contributed by atoms with Crippen LogP contribution in [-0.4, -0.2) is 24.6 Å². The molecule has 7 nitrogen and oxygen atoms in total. The van der Waals surface area contributed by atoms with E-state index in [1.54, 1.807) is 24.3 Å². The van der Waals surface area contributed by atoms with E-state index in [0.29, 0.717) is 30.3 Å². The van der Waals surface area contributed by atoms with Crippen molar-refractivity contribution >= 4 is 23.7 Å². The Balaban J connectivity index is 1.49. The molecule has 0 aliphatic rings. The predicted molar refractivity (Wildman–Crippen MR) is 133 cm³/mol. The molecule has 0 aromatic heterocycles. The first-order valence-corrected chi connectivity index (χ1v) is 11.3. The van der Waals surface area contributed by atoms with Crippen LogP contribution in [0.3, 0.4) is 0 Å². The monoisotopic (exact) mass is 477 g/mol. The van der Waals surface area contributed by atoms with Crippen LogP contribution in [0.15, 0.2) is 71.8 Å². The van der Waals surface area contributed by atoms with Crippen LogP contribution in [-0.2, 0) is 16.2 Å². The number of hydrogen-bond acceptors (Lipinski definition) is 5. The van der Waals surface area contributed by atoms with Gasteiger partial charge in [0, 0.05) is 12.8 Å². The third-order valence-electron chi connectivity index (χ3n) is 4.91. The molecule has 0 aliphatic carbocycles. The smallest absolute Gasteiger partial charge is 0.240 e. The van der Waals surface area contributed by atoms with Crippen molar-refractivity contribution in [3.63, 3.8) is 0 Å². The molecule has 182 valence electrons. The molecule has 0 aliphatic heterocycles. The Morgan fingerprint density at radius 2 is 1.69 bits per heavy atom. The largest absolute Gasteiger partial charge is 0.490 e. The van der Waals surface area contributed by atoms with Crippen molar-refractivity contribution in [2.45, 2.75) is 33.3 Å². The highest BCUT2D eigenvalue weighted by Crippen LogP contribution is 2.29. The Hall–Kier alpha value is -4.20. The molecule has 2 N–H and O–H groups in total. The van der Waals surface area contributed by atoms with Crippen molar-refractivity contribution in [3.8, 4) is 11.5 Å². The molecule has 0 spiro atoms. The normalized spacial score (nSPS) is 10.7. The fraction of sp³-hybridized carbons (Fsp3) is 0.222. The summed E-state index contributed by atoms with van der Waals surface area (Å²) in [4.78, 5) is 23.9. The SMILES string of the molecule is CCOc1cc(C=NNC(=O)CCC(=O)Nc2ccccc2F)ccc1OCc1ccc(C)cc1. The average Bonchev–Trinajstić information content (AvgIpc) is 2.85. The van der Waals surface area contributed by atoms with Crippen molar-refractivity contribution < 1.29 is 23.5 Å². The number of carbonyl (C=O) groups excluding carboxylic acids is 2. The second-order valence-corrected chi connectivity index (χ2v) is 7.73. The minimum absolute atomic E-state index is 0.0762. The average molecular weight is 478 g/mol. The number of benzene rings is 3. The van der Waals surface area contributed by atoms with Gasteiger partial charge in [-0.25, -0.2) is 9.82 Å². The minimum Gasteiger partial charge on any atom is -0.490 e. The molecule has 0 radical (unpaired) electrons. The summed E-state index contributed by atoms with van der Waals surface area (Å²) in [6.07, 6.45) is 1.29. The van der Waals surface area contributed by atoms with Crippen LogP contribution in [0.1, 0.15) is 36.5 Å². The van der Waals surface area contributed by atoms with Crippen LogP contribution in [0.4, 0.5) is 10.1 Å². The third kappa shape index (κ3) is 8.26. The van der Waals surface area contributed by atoms with E-state index in [0.717, 1.165) is 5.56 Å². The summed E-state index contributed by atoms with van der Waals surface area (Å²) in [5, 5.41) is 6.37. The second kappa shape index (κ2) is 12.9. The zero-order chi connectivity index (χ0) is 25.0. The molecule has 3 aromatic carbocycles. The van der Waals surface area contributed by atoms with E-state index in [1.165, 1.54) is 30.0 Å². The summed E-state index contributed by atoms with van der Waals surface area (Å²) in [6.45, 7) is 4.79. The number of anilines is 1. The number of para-hydroxylation sites is 1. The van der Waals surface area contributed by atoms with Crippen LogP contribution in [0.2, 0.25) is 0 Å². The quantitative estimate of drug-likeness (QED) is 0.301. The summed E-state index contributed by atoms with van der Waals surface area (Å²) in [6, 6.07) is 19.3. The van der Waals surface area contributed by atoms with E-state index < -0.39 is 17.6 Å². The first-order chi connectivity index (χ1) is 16.9. The lowest BCUT2D eigenvalue weighted by molar-refractivity contribution is -0.124. The minimum atomic E-state index is -0.534. The van der Waals surface area contributed by atoms with Gasteiger partial charge in [-0.3, -0.25) is 9.59 Å². The van der Waals surface area contributed by atoms with Gasteiger partial charge in [-0.1, -0.05) is 42.0 Å². The Kier molecular flexibility index (Phi) is 9.36. The zero-order valence-electron chi connectivity index (χ0n) is 19.7. The van der Waals surface area contributed by atoms with E-state index in [9.17, 15) is 14.0 Å². The summed E-state index contributed by atoms with van der Waals surface area (Å²) >= 11 is 0. The van der Waals surface area contributed by atoms with Gasteiger partial charge in [0.2, 0.25) is 11.8 Å². The fourth-order valence-electron chi connectivity index (χ4n) is 3.07. The molecule has 0 saturated carbocycles. The van der Waals surface area contributed by atoms with E-state index >= 15 is 0 Å². The van der Waals surface area contributed by atoms with E-state index in [2.05, 4.69) is 15.8 Å². The Morgan fingerprint density at radius 1 is 0.943 bits per heavy atom. The lowest BCUT2D eigenvalue weighted by atomic mass is 10.2. The van der Waals surface area contributed by atoms with Gasteiger partial charge in [0.05, 0.1) is 18.5 Å². The van der Waals surface area contributed by atoms with Crippen LogP contribution in [0.5, 0.6) is 11.5 Å². The molecule has 0 bridgehead atoms. The number of hydrogen-bond donors (Lipinski definition) is 2. The number of halogens is 1. The maximum absolute atomic E-state index is 13.6. The van der Waals surface area contributed by atoms with Crippen molar-refractivity contribution in [2.24, 2.45) is 5.10 Å². The van der Waals surface area contributed by atoms with Crippen molar-refractivity contribution in [2.75, 3.05) is 11.9 Å². The lowest BCUT2D eigenvalue weighted by Gasteiger charge is -2.12. The number of nitrogens with zero attached hydrogens (tertiary/aromatic N) is 1. The van der Waals surface area contributed by atoms with Gasteiger partial charge in [-0.2, -0.15) is 5.10 Å². The maximum Gasteiger partial charge on any atom is 0.240 e. The molecule has 8 heteroatoms. The van der Waals surface area contributed by atoms with Gasteiger partial charge in [-0.15, -0.1) is 0 Å². The predicted octanol–water partition coefficient (Wildman–Crippen LogP) is 4.98. The van der Waals surface area contributed by atoms with Crippen LogP contribution < -0.4 is 20.2 Å². The van der Waals surface area contributed by atoms with Crippen molar-refractivity contribution in [3.05, 3.63) is 89.2 Å². The highest BCUT2D eigenvalue weighted by molar-refractivity contribution is 5.93. The molecule has 0 atom stereocenters. The highest BCUT2D eigenvalue weighted by Gasteiger charge is 2.10. The standard InChI is InChI=1S/C27H28FN3O4/c1-3-34-25-16-21(12-13-24(25)35-18-20-10-8-19(2)9-11-20)17-29-31-27(33)15-14-26(32)30-23-7-5-4-6-22(23)28/h4-13,16-17H,3,14-15,18H2,1-2H3,(H,30,32)(H,31,33). The fourth-order valence-corrected chi connectivity index (χ4v) is 3.07. The molecule has 0 saturated heterocycles. The zero-order valence-corrected chi connectivity index (χ0v) is 19.7. The third-order valence-corrected chi connectivity index (χ3v) is 4.91. The molecule has 2 amide bonds. The summed E-state index contributed by atoms with van der Waals surface area (Å²) in [7, 11) is 0. The Morgan fingerprint density at radius 3 is 2.43 bits per heavy atom. The maximum atomic E-state index is 13.6. The van der Waals surface area contributed by atoms with E-state index in [4.69, 9.17) is 9.47 Å². The molecule has 3 aromatic rings. The van der Waals surface area contributed by atoms with Gasteiger partial charge in [0.25, 0.3) is 0 Å². The van der Waals surface area contributed by atoms with Crippen molar-refractivity contribution in [1.29, 1.82) is 0 Å². The number of ether oxygens (including phenoxy) is 2. The topological polar surface area (TPSA) is 89.0 Å². The number of hydrazone groups is 1. The first kappa shape index (κ1) is 25.4. The van der Waals surface area contributed by atoms with Crippen LogP contribution >= 0.6 is 0 Å². The number of rotatable bonds is 11. The summed E-state index contributed by atoms with van der Waals surface area (Å²) < 4.78 is 25.2. The van der Waals surface area contributed by atoms with Crippen LogP contribution in [0, 0.1) is 12.7 Å². The number of carbonyl (C=O) groups is 2. The molecule has 0 heterocycles. The van der Waals surface area contributed by atoms with Gasteiger partial charge >= 0.3 is 0 Å². The van der Waals surface area contributed by atoms with Gasteiger partial charge < -0.3 is 14.8 Å². The number of amides is 2. The molecule has 0 fully saturated rings. The molecular weight excluding hydrogens is 449 g/mol. The first-order valence-electron chi connectivity index (χ1n) is 11.3. The summed E-state index contributed by atoms with van der Waals surface area (Å²) in [5.74, 6) is -0.258. The van der Waals surface area contributed by atoms with Gasteiger partial charge in [0.15, 0.2) is 11.5 Å². The molecule has 35 heavy (non-hydrogen) atoms. The molecule has 3 rings (SSSR count). The number of nitrogens with one attached hydrogen (secondary N) is 2. The number of aryl methyl sites for hydroxylation is 1. The van der Waals surface area contributed by atoms with E-state index in [-0.39, 0.29) is 18.5 Å². The molecule has 0 unspecified atom stereocenters. The van der Waals surface area contributed by atoms with Gasteiger partial charge in [-0.05, 0) is 55.3 Å².